The molecular weight excluding hydrogens is 708 g/mol. The second-order valence-electron chi connectivity index (χ2n) is 12.4. The topological polar surface area (TPSA) is 325 Å². The first kappa shape index (κ1) is 44.5. The number of phenols is 1. The van der Waals surface area contributed by atoms with Crippen LogP contribution in [0, 0.1) is 0 Å². The molecular formula is C35H50N8O11. The van der Waals surface area contributed by atoms with Gasteiger partial charge in [-0.1, -0.05) is 42.5 Å². The van der Waals surface area contributed by atoms with Crippen LogP contribution in [0.2, 0.25) is 0 Å². The number of rotatable bonds is 23. The number of carbonyl (C=O) groups is 7. The number of phenolic OH excluding ortho intramolecular Hbond substituents is 1. The summed E-state index contributed by atoms with van der Waals surface area (Å²) in [4.78, 5) is 88.7. The van der Waals surface area contributed by atoms with E-state index in [-0.39, 0.29) is 25.0 Å². The van der Waals surface area contributed by atoms with Gasteiger partial charge in [0.15, 0.2) is 0 Å². The second-order valence-corrected chi connectivity index (χ2v) is 12.4. The number of nitrogens with one attached hydrogen (secondary N) is 6. The van der Waals surface area contributed by atoms with E-state index < -0.39 is 97.4 Å². The summed E-state index contributed by atoms with van der Waals surface area (Å²) in [7, 11) is 0. The minimum Gasteiger partial charge on any atom is -0.508 e. The van der Waals surface area contributed by atoms with E-state index >= 15 is 0 Å². The van der Waals surface area contributed by atoms with Crippen molar-refractivity contribution in [2.24, 2.45) is 11.5 Å². The number of benzene rings is 2. The largest absolute Gasteiger partial charge is 0.508 e. The summed E-state index contributed by atoms with van der Waals surface area (Å²) in [6.45, 7) is -0.903. The number of aliphatic hydroxyl groups is 2. The number of unbranched alkanes of at least 4 members (excludes halogenated alkanes) is 1. The summed E-state index contributed by atoms with van der Waals surface area (Å²) in [5.41, 5.74) is 12.7. The molecule has 0 spiro atoms. The molecule has 2 aromatic rings. The number of hydrogen-bond acceptors (Lipinski definition) is 12. The van der Waals surface area contributed by atoms with Crippen molar-refractivity contribution in [2.75, 3.05) is 26.3 Å². The third kappa shape index (κ3) is 15.5. The zero-order valence-corrected chi connectivity index (χ0v) is 29.8. The van der Waals surface area contributed by atoms with Crippen LogP contribution in [0.25, 0.3) is 0 Å². The van der Waals surface area contributed by atoms with E-state index in [0.717, 1.165) is 0 Å². The second kappa shape index (κ2) is 23.1. The van der Waals surface area contributed by atoms with Crippen LogP contribution < -0.4 is 43.4 Å². The quantitative estimate of drug-likeness (QED) is 0.0486. The molecule has 54 heavy (non-hydrogen) atoms. The van der Waals surface area contributed by atoms with Gasteiger partial charge < -0.3 is 63.8 Å². The SMILES string of the molecule is C[C@H](NC(=O)[C@@H](N)Cc1ccc(O)cc1)C(=O)N[C@@H](CO)C(=O)NCC(=O)N[C@@H](CO)C(=O)N[C@@H](Cc1ccccc1)C(=O)N[C@@H](CCCCN)C(=O)O. The first-order valence-electron chi connectivity index (χ1n) is 17.2. The molecule has 19 heteroatoms. The molecule has 0 bridgehead atoms. The number of aromatic hydroxyl groups is 1. The predicted octanol–water partition coefficient (Wildman–Crippen LogP) is -3.74. The van der Waals surface area contributed by atoms with E-state index in [2.05, 4.69) is 31.9 Å². The summed E-state index contributed by atoms with van der Waals surface area (Å²) in [6, 6.07) is 6.61. The third-order valence-electron chi connectivity index (χ3n) is 8.03. The van der Waals surface area contributed by atoms with Crippen molar-refractivity contribution in [1.29, 1.82) is 0 Å². The smallest absolute Gasteiger partial charge is 0.326 e. The Kier molecular flexibility index (Phi) is 19.1. The van der Waals surface area contributed by atoms with E-state index in [9.17, 15) is 54.0 Å². The zero-order valence-electron chi connectivity index (χ0n) is 29.8. The van der Waals surface area contributed by atoms with Crippen LogP contribution in [-0.4, -0.2) is 124 Å². The Morgan fingerprint density at radius 1 is 0.648 bits per heavy atom. The minimum atomic E-state index is -1.60. The fourth-order valence-electron chi connectivity index (χ4n) is 4.94. The lowest BCUT2D eigenvalue weighted by Gasteiger charge is -2.24. The van der Waals surface area contributed by atoms with Crippen LogP contribution >= 0.6 is 0 Å². The highest BCUT2D eigenvalue weighted by Gasteiger charge is 2.30. The van der Waals surface area contributed by atoms with E-state index in [0.29, 0.717) is 30.5 Å². The Bertz CT molecular complexity index is 1560. The molecule has 0 aliphatic rings. The van der Waals surface area contributed by atoms with Crippen molar-refractivity contribution in [1.82, 2.24) is 31.9 Å². The molecule has 2 aromatic carbocycles. The Balaban J connectivity index is 1.95. The van der Waals surface area contributed by atoms with Crippen LogP contribution in [0.5, 0.6) is 5.75 Å². The summed E-state index contributed by atoms with van der Waals surface area (Å²) < 4.78 is 0. The fourth-order valence-corrected chi connectivity index (χ4v) is 4.94. The number of aliphatic carboxylic acids is 1. The van der Waals surface area contributed by atoms with Crippen LogP contribution in [0.3, 0.4) is 0 Å². The van der Waals surface area contributed by atoms with Gasteiger partial charge in [0, 0.05) is 6.42 Å². The molecule has 6 atom stereocenters. The number of aliphatic hydroxyl groups excluding tert-OH is 2. The van der Waals surface area contributed by atoms with E-state index in [1.165, 1.54) is 19.1 Å². The monoisotopic (exact) mass is 758 g/mol. The van der Waals surface area contributed by atoms with Gasteiger partial charge in [-0.15, -0.1) is 0 Å². The lowest BCUT2D eigenvalue weighted by molar-refractivity contribution is -0.142. The molecule has 0 unspecified atom stereocenters. The molecule has 296 valence electrons. The molecule has 2 rings (SSSR count). The molecule has 6 amide bonds. The number of carboxylic acids is 1. The van der Waals surface area contributed by atoms with Crippen LogP contribution in [0.4, 0.5) is 0 Å². The van der Waals surface area contributed by atoms with E-state index in [1.54, 1.807) is 42.5 Å². The molecule has 0 radical (unpaired) electrons. The molecule has 0 heterocycles. The Morgan fingerprint density at radius 3 is 1.80 bits per heavy atom. The molecule has 0 aliphatic heterocycles. The van der Waals surface area contributed by atoms with Gasteiger partial charge in [0.2, 0.25) is 35.4 Å². The molecule has 19 nitrogen and oxygen atoms in total. The van der Waals surface area contributed by atoms with Crippen molar-refractivity contribution in [2.45, 2.75) is 75.3 Å². The first-order chi connectivity index (χ1) is 25.7. The van der Waals surface area contributed by atoms with Crippen molar-refractivity contribution in [3.8, 4) is 5.75 Å². The van der Waals surface area contributed by atoms with Crippen LogP contribution in [-0.2, 0) is 46.4 Å². The number of hydrogen-bond donors (Lipinski definition) is 12. The summed E-state index contributed by atoms with van der Waals surface area (Å²) in [6.07, 6.45) is 1.12. The van der Waals surface area contributed by atoms with Crippen LogP contribution in [0.15, 0.2) is 54.6 Å². The molecule has 0 saturated heterocycles. The van der Waals surface area contributed by atoms with Crippen molar-refractivity contribution in [3.05, 3.63) is 65.7 Å². The van der Waals surface area contributed by atoms with Gasteiger partial charge in [0.25, 0.3) is 0 Å². The van der Waals surface area contributed by atoms with E-state index in [4.69, 9.17) is 11.5 Å². The highest BCUT2D eigenvalue weighted by Crippen LogP contribution is 2.11. The van der Waals surface area contributed by atoms with Gasteiger partial charge in [0.1, 0.15) is 36.0 Å². The molecule has 0 aliphatic carbocycles. The lowest BCUT2D eigenvalue weighted by atomic mass is 10.0. The standard InChI is InChI=1S/C35H50N8O11/c1-20(39-31(49)24(37)15-22-10-12-23(46)13-11-22)30(48)43-27(18-44)32(50)38-17-29(47)40-28(19-45)34(52)42-26(16-21-7-3-2-4-8-21)33(51)41-25(35(53)54)9-5-6-14-36/h2-4,7-8,10-13,20,24-28,44-46H,5-6,9,14-19,36-37H2,1H3,(H,38,50)(H,39,49)(H,40,47)(H,41,51)(H,42,52)(H,43,48)(H,53,54)/t20-,24-,25-,26-,27-,28-/m0/s1. The Hall–Kier alpha value is -5.63. The third-order valence-corrected chi connectivity index (χ3v) is 8.03. The first-order valence-corrected chi connectivity index (χ1v) is 17.2. The highest BCUT2D eigenvalue weighted by molar-refractivity contribution is 5.96. The fraction of sp³-hybridized carbons (Fsp3) is 0.457. The van der Waals surface area contributed by atoms with Gasteiger partial charge in [-0.25, -0.2) is 4.79 Å². The summed E-state index contributed by atoms with van der Waals surface area (Å²) >= 11 is 0. The normalized spacial score (nSPS) is 14.2. The number of amides is 6. The van der Waals surface area contributed by atoms with Gasteiger partial charge in [-0.2, -0.15) is 0 Å². The highest BCUT2D eigenvalue weighted by atomic mass is 16.4. The maximum Gasteiger partial charge on any atom is 0.326 e. The van der Waals surface area contributed by atoms with Crippen molar-refractivity contribution in [3.63, 3.8) is 0 Å². The molecule has 0 aromatic heterocycles. The molecule has 0 fully saturated rings. The predicted molar refractivity (Wildman–Crippen MR) is 193 cm³/mol. The average molecular weight is 759 g/mol. The maximum atomic E-state index is 13.2. The van der Waals surface area contributed by atoms with Gasteiger partial charge in [-0.3, -0.25) is 28.8 Å². The maximum absolute atomic E-state index is 13.2. The Morgan fingerprint density at radius 2 is 1.20 bits per heavy atom. The average Bonchev–Trinajstić information content (AvgIpc) is 3.15. The van der Waals surface area contributed by atoms with Gasteiger partial charge in [-0.05, 0) is 62.4 Å². The van der Waals surface area contributed by atoms with Crippen LogP contribution in [0.1, 0.15) is 37.3 Å². The lowest BCUT2D eigenvalue weighted by Crippen LogP contribution is -2.58. The minimum absolute atomic E-state index is 0.0399. The summed E-state index contributed by atoms with van der Waals surface area (Å²) in [5, 5.41) is 52.5. The Labute approximate surface area is 311 Å². The van der Waals surface area contributed by atoms with E-state index in [1.807, 2.05) is 0 Å². The zero-order chi connectivity index (χ0) is 40.2. The number of carbonyl (C=O) groups excluding carboxylic acids is 6. The van der Waals surface area contributed by atoms with Crippen molar-refractivity contribution < 1.29 is 54.0 Å². The molecule has 14 N–H and O–H groups in total. The van der Waals surface area contributed by atoms with Gasteiger partial charge in [0.05, 0.1) is 25.8 Å². The summed E-state index contributed by atoms with van der Waals surface area (Å²) in [5.74, 6) is -6.52. The van der Waals surface area contributed by atoms with Gasteiger partial charge >= 0.3 is 5.97 Å². The number of nitrogens with two attached hydrogens (primary N) is 2. The number of carboxylic acid groups (broad SMARTS) is 1. The van der Waals surface area contributed by atoms with Crippen molar-refractivity contribution >= 4 is 41.4 Å². The molecule has 0 saturated carbocycles.